The third-order valence-electron chi connectivity index (χ3n) is 10.2. The van der Waals surface area contributed by atoms with Crippen LogP contribution in [-0.4, -0.2) is 117 Å². The van der Waals surface area contributed by atoms with E-state index in [0.717, 1.165) is 0 Å². The highest BCUT2D eigenvalue weighted by Gasteiger charge is 2.35. The zero-order valence-corrected chi connectivity index (χ0v) is 37.4. The first-order valence-corrected chi connectivity index (χ1v) is 21.5. The molecule has 0 saturated heterocycles. The zero-order chi connectivity index (χ0) is 49.5. The smallest absolute Gasteiger partial charge is 0.305 e. The number of carboxylic acids is 3. The van der Waals surface area contributed by atoms with Gasteiger partial charge in [0.15, 0.2) is 0 Å². The molecule has 21 heteroatoms. The second-order valence-electron chi connectivity index (χ2n) is 16.2. The van der Waals surface area contributed by atoms with Gasteiger partial charge in [0, 0.05) is 25.7 Å². The van der Waals surface area contributed by atoms with Crippen LogP contribution in [0.5, 0.6) is 0 Å². The maximum Gasteiger partial charge on any atom is 0.305 e. The van der Waals surface area contributed by atoms with Crippen molar-refractivity contribution in [2.45, 2.75) is 135 Å². The van der Waals surface area contributed by atoms with Gasteiger partial charge in [-0.1, -0.05) is 88.2 Å². The summed E-state index contributed by atoms with van der Waals surface area (Å²) in [6.45, 7) is 7.16. The summed E-state index contributed by atoms with van der Waals surface area (Å²) in [6, 6.07) is 6.34. The Bertz CT molecular complexity index is 2060. The van der Waals surface area contributed by atoms with E-state index in [1.165, 1.54) is 0 Å². The maximum atomic E-state index is 14.5. The summed E-state index contributed by atoms with van der Waals surface area (Å²) in [5.41, 5.74) is 7.09. The van der Waals surface area contributed by atoms with Crippen LogP contribution in [0.1, 0.15) is 95.2 Å². The molecule has 0 aliphatic carbocycles. The monoisotopic (exact) mass is 923 g/mol. The number of rotatable bonds is 30. The minimum Gasteiger partial charge on any atom is -0.481 e. The number of benzene rings is 2. The average molecular weight is 924 g/mol. The lowest BCUT2D eigenvalue weighted by molar-refractivity contribution is -0.142. The van der Waals surface area contributed by atoms with Crippen molar-refractivity contribution in [3.8, 4) is 0 Å². The highest BCUT2D eigenvalue weighted by Crippen LogP contribution is 2.14. The number of carbonyl (C=O) groups excluding carboxylic acids is 8. The van der Waals surface area contributed by atoms with Crippen LogP contribution >= 0.6 is 0 Å². The van der Waals surface area contributed by atoms with E-state index < -0.39 is 133 Å². The highest BCUT2D eigenvalue weighted by molar-refractivity contribution is 6.37. The fourth-order valence-corrected chi connectivity index (χ4v) is 6.65. The number of nitrogens with two attached hydrogens (primary N) is 1. The first kappa shape index (κ1) is 54.9. The lowest BCUT2D eigenvalue weighted by Gasteiger charge is -2.28. The molecular formula is C45H61N7O14. The molecule has 7 amide bonds. The molecule has 0 aliphatic rings. The van der Waals surface area contributed by atoms with Crippen molar-refractivity contribution in [3.63, 3.8) is 0 Å². The Morgan fingerprint density at radius 3 is 1.59 bits per heavy atom. The minimum atomic E-state index is -1.82. The number of primary amides is 1. The molecule has 0 saturated carbocycles. The van der Waals surface area contributed by atoms with Gasteiger partial charge in [-0.25, -0.2) is 0 Å². The lowest BCUT2D eigenvalue weighted by atomic mass is 9.98. The number of Topliss-reactive ketones (excluding diaryl/α,β-unsaturated/α-hetero) is 1. The molecule has 360 valence electrons. The molecule has 0 bridgehead atoms. The average Bonchev–Trinajstić information content (AvgIpc) is 3.24. The molecule has 0 aliphatic heterocycles. The molecular weight excluding hydrogens is 863 g/mol. The third-order valence-corrected chi connectivity index (χ3v) is 10.2. The first-order valence-electron chi connectivity index (χ1n) is 21.5. The number of ketones is 1. The molecule has 0 unspecified atom stereocenters. The molecule has 0 aromatic heterocycles. The second-order valence-corrected chi connectivity index (χ2v) is 16.2. The van der Waals surface area contributed by atoms with E-state index in [1.807, 2.05) is 6.92 Å². The van der Waals surface area contributed by atoms with E-state index in [-0.39, 0.29) is 31.6 Å². The number of carboxylic acid groups (broad SMARTS) is 3. The molecule has 6 atom stereocenters. The Kier molecular flexibility index (Phi) is 23.2. The minimum absolute atomic E-state index is 0.0730. The molecule has 0 fully saturated rings. The largest absolute Gasteiger partial charge is 0.481 e. The van der Waals surface area contributed by atoms with Gasteiger partial charge in [-0.15, -0.1) is 0 Å². The lowest BCUT2D eigenvalue weighted by Crippen LogP contribution is -2.60. The summed E-state index contributed by atoms with van der Waals surface area (Å²) in [4.78, 5) is 141. The number of amides is 7. The molecule has 2 aromatic carbocycles. The topological polar surface area (TPSA) is 347 Å². The van der Waals surface area contributed by atoms with Crippen LogP contribution in [-0.2, 0) is 65.6 Å². The predicted octanol–water partition coefficient (Wildman–Crippen LogP) is 0.184. The quantitative estimate of drug-likeness (QED) is 0.0468. The third kappa shape index (κ3) is 20.1. The van der Waals surface area contributed by atoms with Crippen molar-refractivity contribution < 1.29 is 68.1 Å². The van der Waals surface area contributed by atoms with Gasteiger partial charge in [-0.05, 0) is 48.8 Å². The summed E-state index contributed by atoms with van der Waals surface area (Å²) in [7, 11) is 0. The van der Waals surface area contributed by atoms with Gasteiger partial charge in [0.2, 0.25) is 41.2 Å². The van der Waals surface area contributed by atoms with Crippen LogP contribution in [0.2, 0.25) is 0 Å². The van der Waals surface area contributed by atoms with E-state index in [0.29, 0.717) is 29.5 Å². The van der Waals surface area contributed by atoms with Gasteiger partial charge in [0.1, 0.15) is 30.2 Å². The normalized spacial score (nSPS) is 13.6. The van der Waals surface area contributed by atoms with Gasteiger partial charge >= 0.3 is 17.9 Å². The van der Waals surface area contributed by atoms with Gasteiger partial charge in [0.05, 0.1) is 18.9 Å². The summed E-state index contributed by atoms with van der Waals surface area (Å²) >= 11 is 0. The summed E-state index contributed by atoms with van der Waals surface area (Å²) in [5, 5.41) is 42.6. The van der Waals surface area contributed by atoms with Gasteiger partial charge in [-0.2, -0.15) is 0 Å². The predicted molar refractivity (Wildman–Crippen MR) is 236 cm³/mol. The summed E-state index contributed by atoms with van der Waals surface area (Å²) in [5.74, 6) is -12.5. The Labute approximate surface area is 381 Å². The molecule has 21 nitrogen and oxygen atoms in total. The molecule has 0 heterocycles. The molecule has 11 N–H and O–H groups in total. The molecule has 66 heavy (non-hydrogen) atoms. The van der Waals surface area contributed by atoms with Crippen molar-refractivity contribution in [1.29, 1.82) is 0 Å². The SMILES string of the molecule is CCCC[C@H](NC(=O)[C@H](CC(C)C)NC(=O)[C@H](Cc1ccccc1)NC(=O)[C@H](Cc1ccccc1C)NC(=O)[C@H](CCC(=O)O)NC(=O)[C@H](CC(=O)O)NC(=O)CCC(=O)O)C(=O)C(N)=O. The first-order chi connectivity index (χ1) is 31.1. The van der Waals surface area contributed by atoms with Crippen molar-refractivity contribution in [3.05, 3.63) is 71.3 Å². The van der Waals surface area contributed by atoms with Crippen LogP contribution in [0.15, 0.2) is 54.6 Å². The Balaban J connectivity index is 2.56. The number of aliphatic carboxylic acids is 3. The van der Waals surface area contributed by atoms with E-state index in [4.69, 9.17) is 10.8 Å². The maximum absolute atomic E-state index is 14.5. The summed E-state index contributed by atoms with van der Waals surface area (Å²) < 4.78 is 0. The van der Waals surface area contributed by atoms with Crippen LogP contribution in [0, 0.1) is 12.8 Å². The van der Waals surface area contributed by atoms with Gasteiger partial charge < -0.3 is 53.0 Å². The van der Waals surface area contributed by atoms with Crippen molar-refractivity contribution in [2.24, 2.45) is 11.7 Å². The second kappa shape index (κ2) is 27.9. The molecule has 0 spiro atoms. The van der Waals surface area contributed by atoms with Gasteiger partial charge in [-0.3, -0.25) is 52.7 Å². The van der Waals surface area contributed by atoms with Crippen molar-refractivity contribution in [2.75, 3.05) is 0 Å². The van der Waals surface area contributed by atoms with Crippen LogP contribution in [0.3, 0.4) is 0 Å². The number of hydrogen-bond acceptors (Lipinski definition) is 11. The molecule has 2 aromatic rings. The van der Waals surface area contributed by atoms with E-state index in [1.54, 1.807) is 75.4 Å². The fourth-order valence-electron chi connectivity index (χ4n) is 6.65. The highest BCUT2D eigenvalue weighted by atomic mass is 16.4. The number of nitrogens with one attached hydrogen (secondary N) is 6. The van der Waals surface area contributed by atoms with Crippen LogP contribution in [0.25, 0.3) is 0 Å². The van der Waals surface area contributed by atoms with Crippen LogP contribution < -0.4 is 37.6 Å². The number of hydrogen-bond donors (Lipinski definition) is 10. The van der Waals surface area contributed by atoms with Crippen molar-refractivity contribution in [1.82, 2.24) is 31.9 Å². The fraction of sp³-hybridized carbons (Fsp3) is 0.489. The van der Waals surface area contributed by atoms with E-state index >= 15 is 0 Å². The van der Waals surface area contributed by atoms with Gasteiger partial charge in [0.25, 0.3) is 5.91 Å². The van der Waals surface area contributed by atoms with Crippen LogP contribution in [0.4, 0.5) is 0 Å². The Morgan fingerprint density at radius 2 is 1.05 bits per heavy atom. The standard InChI is InChI=1S/C45H61N7O14/c1-5-6-16-29(39(60)40(46)61)48-42(63)31(21-25(2)3)50-43(64)32(22-27-13-8-7-9-14-27)51-44(65)33(23-28-15-11-10-12-26(28)4)52-41(62)30(17-19-36(54)55)49-45(66)34(24-38(58)59)47-35(53)18-20-37(56)57/h7-15,25,29-34H,5-6,16-24H2,1-4H3,(H2,46,61)(H,47,53)(H,48,63)(H,49,66)(H,50,64)(H,51,65)(H,52,62)(H,54,55)(H,56,57)(H,58,59)/t29-,30-,31-,32-,33-,34-/m0/s1. The summed E-state index contributed by atoms with van der Waals surface area (Å²) in [6.07, 6.45) is -2.52. The number of unbranched alkanes of at least 4 members (excludes halogenated alkanes) is 1. The van der Waals surface area contributed by atoms with Crippen molar-refractivity contribution >= 4 is 65.0 Å². The zero-order valence-electron chi connectivity index (χ0n) is 37.4. The Morgan fingerprint density at radius 1 is 0.545 bits per heavy atom. The van der Waals surface area contributed by atoms with E-state index in [2.05, 4.69) is 31.9 Å². The number of aryl methyl sites for hydroxylation is 1. The molecule has 0 radical (unpaired) electrons. The Hall–Kier alpha value is -7.19. The number of carbonyl (C=O) groups is 11. The van der Waals surface area contributed by atoms with E-state index in [9.17, 15) is 63.0 Å². The molecule has 2 rings (SSSR count).